The van der Waals surface area contributed by atoms with Gasteiger partial charge in [0.15, 0.2) is 11.6 Å². The summed E-state index contributed by atoms with van der Waals surface area (Å²) in [6.07, 6.45) is 1.10. The number of carbonyl (C=O) groups excluding carboxylic acids is 1. The molecule has 6 nitrogen and oxygen atoms in total. The first-order chi connectivity index (χ1) is 13.8. The second kappa shape index (κ2) is 8.92. The molecule has 1 amide bonds. The van der Waals surface area contributed by atoms with E-state index in [1.807, 2.05) is 6.92 Å². The standard InChI is InChI=1S/C21H25FN2O4S/c1-16-9-11-17(12-10-16)29(26,27)24-13-5-7-19(24)21(25)23(2)14-15-28-20-8-4-3-6-18(20)22/h3-4,6,8-12,19H,5,7,13-15H2,1-2H3/t19-/m0/s1. The Morgan fingerprint density at radius 3 is 2.59 bits per heavy atom. The zero-order chi connectivity index (χ0) is 21.0. The molecule has 1 saturated heterocycles. The number of rotatable bonds is 7. The molecule has 0 unspecified atom stereocenters. The lowest BCUT2D eigenvalue weighted by Gasteiger charge is -2.27. The lowest BCUT2D eigenvalue weighted by Crippen LogP contribution is -2.47. The SMILES string of the molecule is Cc1ccc(S(=O)(=O)N2CCC[C@H]2C(=O)N(C)CCOc2ccccc2F)cc1. The van der Waals surface area contributed by atoms with E-state index < -0.39 is 21.9 Å². The zero-order valence-electron chi connectivity index (χ0n) is 16.5. The van der Waals surface area contributed by atoms with Gasteiger partial charge < -0.3 is 9.64 Å². The number of carbonyl (C=O) groups is 1. The van der Waals surface area contributed by atoms with Crippen molar-refractivity contribution in [1.82, 2.24) is 9.21 Å². The van der Waals surface area contributed by atoms with Gasteiger partial charge in [0, 0.05) is 13.6 Å². The summed E-state index contributed by atoms with van der Waals surface area (Å²) < 4.78 is 46.3. The van der Waals surface area contributed by atoms with Crippen LogP contribution in [0, 0.1) is 12.7 Å². The van der Waals surface area contributed by atoms with E-state index in [-0.39, 0.29) is 29.7 Å². The fourth-order valence-corrected chi connectivity index (χ4v) is 4.99. The van der Waals surface area contributed by atoms with Crippen LogP contribution >= 0.6 is 0 Å². The molecule has 3 rings (SSSR count). The van der Waals surface area contributed by atoms with Crippen LogP contribution in [-0.4, -0.2) is 56.3 Å². The Morgan fingerprint density at radius 1 is 1.21 bits per heavy atom. The van der Waals surface area contributed by atoms with Crippen molar-refractivity contribution < 1.29 is 22.3 Å². The van der Waals surface area contributed by atoms with E-state index in [1.54, 1.807) is 43.4 Å². The lowest BCUT2D eigenvalue weighted by atomic mass is 10.2. The normalized spacial score (nSPS) is 17.3. The molecule has 2 aromatic carbocycles. The predicted molar refractivity (Wildman–Crippen MR) is 108 cm³/mol. The summed E-state index contributed by atoms with van der Waals surface area (Å²) in [7, 11) is -2.15. The number of aryl methyl sites for hydroxylation is 1. The van der Waals surface area contributed by atoms with Crippen LogP contribution in [0.1, 0.15) is 18.4 Å². The van der Waals surface area contributed by atoms with Crippen molar-refractivity contribution in [3.05, 3.63) is 59.9 Å². The van der Waals surface area contributed by atoms with Gasteiger partial charge in [0.25, 0.3) is 0 Å². The maximum atomic E-state index is 13.6. The van der Waals surface area contributed by atoms with Crippen LogP contribution in [0.25, 0.3) is 0 Å². The Labute approximate surface area is 170 Å². The van der Waals surface area contributed by atoms with Gasteiger partial charge >= 0.3 is 0 Å². The summed E-state index contributed by atoms with van der Waals surface area (Å²) >= 11 is 0. The van der Waals surface area contributed by atoms with Crippen molar-refractivity contribution in [2.24, 2.45) is 0 Å². The van der Waals surface area contributed by atoms with E-state index in [4.69, 9.17) is 4.74 Å². The summed E-state index contributed by atoms with van der Waals surface area (Å²) in [5.74, 6) is -0.624. The number of para-hydroxylation sites is 1. The molecule has 1 aliphatic heterocycles. The van der Waals surface area contributed by atoms with Gasteiger partial charge in [0.05, 0.1) is 11.4 Å². The van der Waals surface area contributed by atoms with Gasteiger partial charge in [0.1, 0.15) is 12.6 Å². The third kappa shape index (κ3) is 4.76. The van der Waals surface area contributed by atoms with Gasteiger partial charge in [-0.1, -0.05) is 29.8 Å². The number of hydrogen-bond donors (Lipinski definition) is 0. The topological polar surface area (TPSA) is 66.9 Å². The van der Waals surface area contributed by atoms with Gasteiger partial charge in [-0.3, -0.25) is 4.79 Å². The van der Waals surface area contributed by atoms with Crippen LogP contribution in [0.3, 0.4) is 0 Å². The number of benzene rings is 2. The van der Waals surface area contributed by atoms with E-state index in [0.29, 0.717) is 19.4 Å². The fourth-order valence-electron chi connectivity index (χ4n) is 3.34. The number of ether oxygens (including phenoxy) is 1. The second-order valence-corrected chi connectivity index (χ2v) is 9.02. The molecule has 1 atom stereocenters. The van der Waals surface area contributed by atoms with Crippen LogP contribution in [0.5, 0.6) is 5.75 Å². The molecular formula is C21H25FN2O4S. The maximum absolute atomic E-state index is 13.6. The molecule has 0 N–H and O–H groups in total. The van der Waals surface area contributed by atoms with Crippen molar-refractivity contribution in [2.75, 3.05) is 26.7 Å². The fraction of sp³-hybridized carbons (Fsp3) is 0.381. The molecule has 0 aliphatic carbocycles. The molecule has 0 radical (unpaired) electrons. The van der Waals surface area contributed by atoms with Gasteiger partial charge in [-0.05, 0) is 44.0 Å². The van der Waals surface area contributed by atoms with Crippen LogP contribution in [0.15, 0.2) is 53.4 Å². The first-order valence-electron chi connectivity index (χ1n) is 9.51. The maximum Gasteiger partial charge on any atom is 0.243 e. The Hall–Kier alpha value is -2.45. The van der Waals surface area contributed by atoms with E-state index in [2.05, 4.69) is 0 Å². The molecule has 29 heavy (non-hydrogen) atoms. The second-order valence-electron chi connectivity index (χ2n) is 7.13. The molecule has 8 heteroatoms. The van der Waals surface area contributed by atoms with Crippen molar-refractivity contribution in [3.63, 3.8) is 0 Å². The van der Waals surface area contributed by atoms with E-state index >= 15 is 0 Å². The molecule has 1 heterocycles. The minimum absolute atomic E-state index is 0.112. The van der Waals surface area contributed by atoms with E-state index in [0.717, 1.165) is 5.56 Å². The summed E-state index contributed by atoms with van der Waals surface area (Å²) in [5.41, 5.74) is 0.965. The Balaban J connectivity index is 1.64. The summed E-state index contributed by atoms with van der Waals surface area (Å²) in [6, 6.07) is 11.9. The van der Waals surface area contributed by atoms with Crippen LogP contribution in [0.4, 0.5) is 4.39 Å². The van der Waals surface area contributed by atoms with E-state index in [9.17, 15) is 17.6 Å². The van der Waals surface area contributed by atoms with Gasteiger partial charge in [-0.15, -0.1) is 0 Å². The van der Waals surface area contributed by atoms with Crippen molar-refractivity contribution in [3.8, 4) is 5.75 Å². The highest BCUT2D eigenvalue weighted by Gasteiger charge is 2.40. The molecule has 0 saturated carbocycles. The molecule has 1 fully saturated rings. The highest BCUT2D eigenvalue weighted by atomic mass is 32.2. The molecule has 1 aliphatic rings. The van der Waals surface area contributed by atoms with Crippen molar-refractivity contribution in [1.29, 1.82) is 0 Å². The third-order valence-corrected chi connectivity index (χ3v) is 6.94. The third-order valence-electron chi connectivity index (χ3n) is 5.01. The predicted octanol–water partition coefficient (Wildman–Crippen LogP) is 2.82. The monoisotopic (exact) mass is 420 g/mol. The Kier molecular flexibility index (Phi) is 6.54. The zero-order valence-corrected chi connectivity index (χ0v) is 17.4. The number of nitrogens with zero attached hydrogens (tertiary/aromatic N) is 2. The number of amides is 1. The average molecular weight is 421 g/mol. The first kappa shape index (κ1) is 21.3. The number of halogens is 1. The van der Waals surface area contributed by atoms with Gasteiger partial charge in [0.2, 0.25) is 15.9 Å². The van der Waals surface area contributed by atoms with Gasteiger partial charge in [-0.25, -0.2) is 12.8 Å². The average Bonchev–Trinajstić information content (AvgIpc) is 3.20. The first-order valence-corrected chi connectivity index (χ1v) is 11.0. The van der Waals surface area contributed by atoms with Crippen LogP contribution in [0.2, 0.25) is 0 Å². The lowest BCUT2D eigenvalue weighted by molar-refractivity contribution is -0.133. The Morgan fingerprint density at radius 2 is 1.90 bits per heavy atom. The molecule has 2 aromatic rings. The highest BCUT2D eigenvalue weighted by molar-refractivity contribution is 7.89. The molecule has 0 bridgehead atoms. The largest absolute Gasteiger partial charge is 0.489 e. The van der Waals surface area contributed by atoms with Crippen molar-refractivity contribution >= 4 is 15.9 Å². The summed E-state index contributed by atoms with van der Waals surface area (Å²) in [5, 5.41) is 0. The summed E-state index contributed by atoms with van der Waals surface area (Å²) in [6.45, 7) is 2.53. The number of likely N-dealkylation sites (N-methyl/N-ethyl adjacent to an activating group) is 1. The summed E-state index contributed by atoms with van der Waals surface area (Å²) in [4.78, 5) is 14.5. The number of hydrogen-bond acceptors (Lipinski definition) is 4. The van der Waals surface area contributed by atoms with Crippen LogP contribution < -0.4 is 4.74 Å². The van der Waals surface area contributed by atoms with Crippen molar-refractivity contribution in [2.45, 2.75) is 30.7 Å². The molecule has 0 aromatic heterocycles. The quantitative estimate of drug-likeness (QED) is 0.691. The minimum Gasteiger partial charge on any atom is -0.489 e. The van der Waals surface area contributed by atoms with Gasteiger partial charge in [-0.2, -0.15) is 4.31 Å². The Bertz CT molecular complexity index is 963. The number of sulfonamides is 1. The smallest absolute Gasteiger partial charge is 0.243 e. The highest BCUT2D eigenvalue weighted by Crippen LogP contribution is 2.27. The van der Waals surface area contributed by atoms with Crippen LogP contribution in [-0.2, 0) is 14.8 Å². The molecule has 156 valence electrons. The van der Waals surface area contributed by atoms with E-state index in [1.165, 1.54) is 21.3 Å². The minimum atomic E-state index is -3.75. The molecular weight excluding hydrogens is 395 g/mol. The molecule has 0 spiro atoms.